The molecule has 1 unspecified atom stereocenters. The molecule has 5 nitrogen and oxygen atoms in total. The van der Waals surface area contributed by atoms with Crippen molar-refractivity contribution in [3.8, 4) is 0 Å². The summed E-state index contributed by atoms with van der Waals surface area (Å²) in [6.45, 7) is 5.96. The molecule has 1 atom stereocenters. The standard InChI is InChI=1S/C17H21Cl2NO4/c1-16(2,3)24-15(22)20-8-7-17(10-20,14(21)23-4)11-5-6-12(18)13(19)9-11/h5-6,9H,7-8,10H2,1-4H3. The lowest BCUT2D eigenvalue weighted by Crippen LogP contribution is -2.42. The topological polar surface area (TPSA) is 55.8 Å². The zero-order chi connectivity index (χ0) is 18.1. The van der Waals surface area contributed by atoms with Gasteiger partial charge in [0.25, 0.3) is 0 Å². The van der Waals surface area contributed by atoms with Crippen LogP contribution in [-0.2, 0) is 19.7 Å². The number of carbonyl (C=O) groups excluding carboxylic acids is 2. The molecule has 0 bridgehead atoms. The first-order chi connectivity index (χ1) is 11.1. The second-order valence-electron chi connectivity index (χ2n) is 6.85. The van der Waals surface area contributed by atoms with Crippen LogP contribution in [0.15, 0.2) is 18.2 Å². The fourth-order valence-corrected chi connectivity index (χ4v) is 3.10. The SMILES string of the molecule is COC(=O)C1(c2ccc(Cl)c(Cl)c2)CCN(C(=O)OC(C)(C)C)C1. The first-order valence-corrected chi connectivity index (χ1v) is 8.36. The first-order valence-electron chi connectivity index (χ1n) is 7.61. The van der Waals surface area contributed by atoms with Crippen molar-refractivity contribution >= 4 is 35.3 Å². The van der Waals surface area contributed by atoms with Gasteiger partial charge in [-0.2, -0.15) is 0 Å². The van der Waals surface area contributed by atoms with E-state index in [1.165, 1.54) is 12.0 Å². The molecule has 0 aliphatic carbocycles. The van der Waals surface area contributed by atoms with Crippen LogP contribution in [0, 0.1) is 0 Å². The van der Waals surface area contributed by atoms with E-state index < -0.39 is 23.1 Å². The summed E-state index contributed by atoms with van der Waals surface area (Å²) in [5.41, 5.74) is -0.897. The number of nitrogens with zero attached hydrogens (tertiary/aromatic N) is 1. The van der Waals surface area contributed by atoms with Gasteiger partial charge >= 0.3 is 12.1 Å². The number of hydrogen-bond acceptors (Lipinski definition) is 4. The normalized spacial score (nSPS) is 20.8. The fraction of sp³-hybridized carbons (Fsp3) is 0.529. The Morgan fingerprint density at radius 1 is 1.21 bits per heavy atom. The summed E-state index contributed by atoms with van der Waals surface area (Å²) in [5, 5.41) is 0.760. The summed E-state index contributed by atoms with van der Waals surface area (Å²) in [7, 11) is 1.33. The van der Waals surface area contributed by atoms with Gasteiger partial charge in [-0.1, -0.05) is 29.3 Å². The molecule has 2 rings (SSSR count). The second-order valence-corrected chi connectivity index (χ2v) is 7.67. The van der Waals surface area contributed by atoms with E-state index in [0.717, 1.165) is 0 Å². The van der Waals surface area contributed by atoms with E-state index in [-0.39, 0.29) is 6.54 Å². The minimum atomic E-state index is -0.972. The Kier molecular flexibility index (Phi) is 5.35. The summed E-state index contributed by atoms with van der Waals surface area (Å²) < 4.78 is 10.4. The molecule has 132 valence electrons. The van der Waals surface area contributed by atoms with Crippen LogP contribution in [0.25, 0.3) is 0 Å². The second kappa shape index (κ2) is 6.81. The molecular formula is C17H21Cl2NO4. The average molecular weight is 374 g/mol. The van der Waals surface area contributed by atoms with Crippen molar-refractivity contribution in [2.75, 3.05) is 20.2 Å². The van der Waals surface area contributed by atoms with Gasteiger partial charge < -0.3 is 14.4 Å². The van der Waals surface area contributed by atoms with Crippen LogP contribution >= 0.6 is 23.2 Å². The van der Waals surface area contributed by atoms with E-state index in [9.17, 15) is 9.59 Å². The van der Waals surface area contributed by atoms with Crippen molar-refractivity contribution in [2.24, 2.45) is 0 Å². The third-order valence-electron chi connectivity index (χ3n) is 3.97. The zero-order valence-electron chi connectivity index (χ0n) is 14.2. The van der Waals surface area contributed by atoms with Crippen molar-refractivity contribution in [3.05, 3.63) is 33.8 Å². The lowest BCUT2D eigenvalue weighted by atomic mass is 9.79. The lowest BCUT2D eigenvalue weighted by molar-refractivity contribution is -0.147. The summed E-state index contributed by atoms with van der Waals surface area (Å²) in [6, 6.07) is 5.03. The highest BCUT2D eigenvalue weighted by Crippen LogP contribution is 2.38. The number of ether oxygens (including phenoxy) is 2. The van der Waals surface area contributed by atoms with Crippen molar-refractivity contribution in [1.82, 2.24) is 4.90 Å². The Morgan fingerprint density at radius 3 is 2.42 bits per heavy atom. The van der Waals surface area contributed by atoms with Gasteiger partial charge in [-0.25, -0.2) is 4.79 Å². The maximum Gasteiger partial charge on any atom is 0.410 e. The highest BCUT2D eigenvalue weighted by Gasteiger charge is 2.49. The van der Waals surface area contributed by atoms with Gasteiger partial charge in [0.2, 0.25) is 0 Å². The maximum absolute atomic E-state index is 12.5. The molecule has 1 fully saturated rings. The van der Waals surface area contributed by atoms with Crippen LogP contribution in [-0.4, -0.2) is 42.8 Å². The number of carbonyl (C=O) groups is 2. The number of benzene rings is 1. The number of halogens is 2. The molecule has 1 aromatic rings. The van der Waals surface area contributed by atoms with Crippen molar-refractivity contribution < 1.29 is 19.1 Å². The number of esters is 1. The third-order valence-corrected chi connectivity index (χ3v) is 4.71. The molecule has 1 aliphatic heterocycles. The molecule has 0 aromatic heterocycles. The molecule has 0 saturated carbocycles. The third kappa shape index (κ3) is 3.78. The maximum atomic E-state index is 12.5. The fourth-order valence-electron chi connectivity index (χ4n) is 2.80. The summed E-state index contributed by atoms with van der Waals surface area (Å²) >= 11 is 12.1. The van der Waals surface area contributed by atoms with Gasteiger partial charge in [0, 0.05) is 13.1 Å². The Bertz CT molecular complexity index is 656. The number of rotatable bonds is 2. The Balaban J connectivity index is 2.33. The quantitative estimate of drug-likeness (QED) is 0.733. The van der Waals surface area contributed by atoms with Crippen LogP contribution in [0.4, 0.5) is 4.79 Å². The molecule has 1 aromatic carbocycles. The molecule has 1 saturated heterocycles. The molecule has 0 spiro atoms. The van der Waals surface area contributed by atoms with Gasteiger partial charge in [-0.3, -0.25) is 4.79 Å². The van der Waals surface area contributed by atoms with Gasteiger partial charge in [0.1, 0.15) is 11.0 Å². The number of likely N-dealkylation sites (tertiary alicyclic amines) is 1. The van der Waals surface area contributed by atoms with Crippen LogP contribution in [0.1, 0.15) is 32.8 Å². The highest BCUT2D eigenvalue weighted by molar-refractivity contribution is 6.42. The van der Waals surface area contributed by atoms with Crippen LogP contribution in [0.2, 0.25) is 10.0 Å². The van der Waals surface area contributed by atoms with Gasteiger partial charge in [-0.05, 0) is 44.9 Å². The molecule has 24 heavy (non-hydrogen) atoms. The van der Waals surface area contributed by atoms with Crippen molar-refractivity contribution in [3.63, 3.8) is 0 Å². The van der Waals surface area contributed by atoms with Gasteiger partial charge in [0.05, 0.1) is 17.2 Å². The van der Waals surface area contributed by atoms with Crippen molar-refractivity contribution in [2.45, 2.75) is 38.2 Å². The molecule has 7 heteroatoms. The van der Waals surface area contributed by atoms with E-state index >= 15 is 0 Å². The molecule has 0 radical (unpaired) electrons. The van der Waals surface area contributed by atoms with E-state index in [0.29, 0.717) is 28.6 Å². The summed E-state index contributed by atoms with van der Waals surface area (Å²) in [5.74, 6) is -0.410. The smallest absolute Gasteiger partial charge is 0.410 e. The molecule has 1 aliphatic rings. The van der Waals surface area contributed by atoms with Crippen molar-refractivity contribution in [1.29, 1.82) is 0 Å². The van der Waals surface area contributed by atoms with Crippen LogP contribution in [0.3, 0.4) is 0 Å². The monoisotopic (exact) mass is 373 g/mol. The number of methoxy groups -OCH3 is 1. The number of amides is 1. The number of hydrogen-bond donors (Lipinski definition) is 0. The minimum Gasteiger partial charge on any atom is -0.468 e. The summed E-state index contributed by atoms with van der Waals surface area (Å²) in [4.78, 5) is 26.3. The lowest BCUT2D eigenvalue weighted by Gasteiger charge is -2.28. The average Bonchev–Trinajstić information content (AvgIpc) is 2.94. The predicted molar refractivity (Wildman–Crippen MR) is 92.6 cm³/mol. The molecular weight excluding hydrogens is 353 g/mol. The molecule has 1 amide bonds. The van der Waals surface area contributed by atoms with E-state index in [4.69, 9.17) is 32.7 Å². The predicted octanol–water partition coefficient (Wildman–Crippen LogP) is 4.05. The zero-order valence-corrected chi connectivity index (χ0v) is 15.7. The Morgan fingerprint density at radius 2 is 1.88 bits per heavy atom. The van der Waals surface area contributed by atoms with E-state index in [2.05, 4.69) is 0 Å². The van der Waals surface area contributed by atoms with Crippen LogP contribution in [0.5, 0.6) is 0 Å². The van der Waals surface area contributed by atoms with E-state index in [1.54, 1.807) is 39.0 Å². The largest absolute Gasteiger partial charge is 0.468 e. The van der Waals surface area contributed by atoms with E-state index in [1.807, 2.05) is 0 Å². The molecule has 0 N–H and O–H groups in total. The Labute approximate surface area is 151 Å². The molecule has 1 heterocycles. The minimum absolute atomic E-state index is 0.173. The van der Waals surface area contributed by atoms with Gasteiger partial charge in [-0.15, -0.1) is 0 Å². The summed E-state index contributed by atoms with van der Waals surface area (Å²) in [6.07, 6.45) is -0.0232. The highest BCUT2D eigenvalue weighted by atomic mass is 35.5. The first kappa shape index (κ1) is 18.9. The Hall–Kier alpha value is -1.46. The van der Waals surface area contributed by atoms with Crippen LogP contribution < -0.4 is 0 Å². The van der Waals surface area contributed by atoms with Gasteiger partial charge in [0.15, 0.2) is 0 Å².